The van der Waals surface area contributed by atoms with Gasteiger partial charge in [0.2, 0.25) is 11.8 Å². The Balaban J connectivity index is 1.52. The Kier molecular flexibility index (Phi) is 5.13. The van der Waals surface area contributed by atoms with Crippen molar-refractivity contribution in [2.24, 2.45) is 5.73 Å². The average molecular weight is 333 g/mol. The van der Waals surface area contributed by atoms with E-state index in [1.54, 1.807) is 17.4 Å². The first-order valence-corrected chi connectivity index (χ1v) is 9.08. The summed E-state index contributed by atoms with van der Waals surface area (Å²) >= 11 is 1.62. The zero-order valence-electron chi connectivity index (χ0n) is 13.2. The number of rotatable bonds is 4. The fourth-order valence-corrected chi connectivity index (χ4v) is 4.21. The van der Waals surface area contributed by atoms with Crippen LogP contribution in [0.15, 0.2) is 23.6 Å². The maximum absolute atomic E-state index is 12.2. The highest BCUT2D eigenvalue weighted by Crippen LogP contribution is 2.26. The van der Waals surface area contributed by atoms with Gasteiger partial charge >= 0.3 is 0 Å². The molecule has 2 amide bonds. The predicted molar refractivity (Wildman–Crippen MR) is 91.9 cm³/mol. The Labute approximate surface area is 140 Å². The van der Waals surface area contributed by atoms with Crippen molar-refractivity contribution in [2.75, 3.05) is 19.6 Å². The standard InChI is InChI=1S/C17H23N3O2S/c18-17(22)15-4-1-9-20(15)13-7-10-19(11-8-13)16(21)6-5-14-3-2-12-23-14/h2-3,5-6,12-13,15H,1,4,7-11H2,(H2,18,22)/b6-5+. The van der Waals surface area contributed by atoms with Crippen LogP contribution >= 0.6 is 11.3 Å². The van der Waals surface area contributed by atoms with E-state index in [1.165, 1.54) is 0 Å². The summed E-state index contributed by atoms with van der Waals surface area (Å²) in [6.07, 6.45) is 7.29. The summed E-state index contributed by atoms with van der Waals surface area (Å²) in [7, 11) is 0. The number of hydrogen-bond donors (Lipinski definition) is 1. The average Bonchev–Trinajstić information content (AvgIpc) is 3.24. The zero-order chi connectivity index (χ0) is 16.2. The highest BCUT2D eigenvalue weighted by Gasteiger charge is 2.35. The Morgan fingerprint density at radius 3 is 2.65 bits per heavy atom. The van der Waals surface area contributed by atoms with Gasteiger partial charge in [-0.3, -0.25) is 14.5 Å². The van der Waals surface area contributed by atoms with Crippen LogP contribution in [0.3, 0.4) is 0 Å². The largest absolute Gasteiger partial charge is 0.368 e. The summed E-state index contributed by atoms with van der Waals surface area (Å²) in [5, 5.41) is 2.00. The minimum Gasteiger partial charge on any atom is -0.368 e. The van der Waals surface area contributed by atoms with Crippen LogP contribution in [0.2, 0.25) is 0 Å². The van der Waals surface area contributed by atoms with Gasteiger partial charge in [-0.1, -0.05) is 6.07 Å². The Hall–Kier alpha value is -1.66. The summed E-state index contributed by atoms with van der Waals surface area (Å²) in [4.78, 5) is 29.0. The van der Waals surface area contributed by atoms with E-state index in [9.17, 15) is 9.59 Å². The van der Waals surface area contributed by atoms with E-state index in [0.717, 1.165) is 50.2 Å². The smallest absolute Gasteiger partial charge is 0.246 e. The Morgan fingerprint density at radius 2 is 2.00 bits per heavy atom. The van der Waals surface area contributed by atoms with Crippen LogP contribution < -0.4 is 5.73 Å². The number of likely N-dealkylation sites (tertiary alicyclic amines) is 2. The maximum Gasteiger partial charge on any atom is 0.246 e. The van der Waals surface area contributed by atoms with Gasteiger partial charge in [-0.2, -0.15) is 0 Å². The minimum absolute atomic E-state index is 0.0738. The summed E-state index contributed by atoms with van der Waals surface area (Å²) in [5.41, 5.74) is 5.50. The second kappa shape index (κ2) is 7.27. The van der Waals surface area contributed by atoms with Crippen molar-refractivity contribution in [3.63, 3.8) is 0 Å². The topological polar surface area (TPSA) is 66.6 Å². The molecule has 1 aromatic rings. The van der Waals surface area contributed by atoms with Gasteiger partial charge in [0.1, 0.15) is 0 Å². The number of nitrogens with two attached hydrogens (primary N) is 1. The van der Waals surface area contributed by atoms with Crippen molar-refractivity contribution >= 4 is 29.2 Å². The zero-order valence-corrected chi connectivity index (χ0v) is 14.0. The van der Waals surface area contributed by atoms with E-state index in [1.807, 2.05) is 28.5 Å². The molecule has 1 atom stereocenters. The quantitative estimate of drug-likeness (QED) is 0.853. The van der Waals surface area contributed by atoms with Crippen molar-refractivity contribution in [1.29, 1.82) is 0 Å². The molecule has 1 unspecified atom stereocenters. The third kappa shape index (κ3) is 3.82. The monoisotopic (exact) mass is 333 g/mol. The summed E-state index contributed by atoms with van der Waals surface area (Å²) in [5.74, 6) is -0.135. The van der Waals surface area contributed by atoms with Crippen LogP contribution in [0, 0.1) is 0 Å². The first kappa shape index (κ1) is 16.2. The van der Waals surface area contributed by atoms with Crippen LogP contribution in [0.1, 0.15) is 30.6 Å². The number of carbonyl (C=O) groups excluding carboxylic acids is 2. The predicted octanol–water partition coefficient (Wildman–Crippen LogP) is 1.70. The number of hydrogen-bond acceptors (Lipinski definition) is 4. The lowest BCUT2D eigenvalue weighted by atomic mass is 10.0. The molecule has 2 fully saturated rings. The van der Waals surface area contributed by atoms with Gasteiger partial charge in [0, 0.05) is 30.1 Å². The molecule has 0 bridgehead atoms. The van der Waals surface area contributed by atoms with Crippen LogP contribution in [-0.4, -0.2) is 53.3 Å². The molecule has 5 nitrogen and oxygen atoms in total. The molecule has 1 aromatic heterocycles. The number of piperidine rings is 1. The summed E-state index contributed by atoms with van der Waals surface area (Å²) < 4.78 is 0. The summed E-state index contributed by atoms with van der Waals surface area (Å²) in [6, 6.07) is 4.24. The van der Waals surface area contributed by atoms with Crippen molar-refractivity contribution in [2.45, 2.75) is 37.8 Å². The van der Waals surface area contributed by atoms with Gasteiger partial charge in [-0.15, -0.1) is 11.3 Å². The molecule has 6 heteroatoms. The van der Waals surface area contributed by atoms with E-state index >= 15 is 0 Å². The Bertz CT molecular complexity index is 577. The van der Waals surface area contributed by atoms with Crippen LogP contribution in [0.25, 0.3) is 6.08 Å². The SMILES string of the molecule is NC(=O)C1CCCN1C1CCN(C(=O)/C=C/c2cccs2)CC1. The molecule has 0 spiro atoms. The molecule has 2 aliphatic rings. The third-order valence-electron chi connectivity index (χ3n) is 4.80. The molecular weight excluding hydrogens is 310 g/mol. The second-order valence-electron chi connectivity index (χ2n) is 6.20. The van der Waals surface area contributed by atoms with Gasteiger partial charge in [-0.05, 0) is 49.8 Å². The number of thiophene rings is 1. The van der Waals surface area contributed by atoms with Crippen molar-refractivity contribution in [3.05, 3.63) is 28.5 Å². The van der Waals surface area contributed by atoms with Crippen LogP contribution in [0.4, 0.5) is 0 Å². The maximum atomic E-state index is 12.2. The van der Waals surface area contributed by atoms with E-state index in [-0.39, 0.29) is 17.9 Å². The molecule has 0 radical (unpaired) electrons. The molecule has 124 valence electrons. The summed E-state index contributed by atoms with van der Waals surface area (Å²) in [6.45, 7) is 2.45. The molecular formula is C17H23N3O2S. The second-order valence-corrected chi connectivity index (χ2v) is 7.18. The van der Waals surface area contributed by atoms with Crippen molar-refractivity contribution in [3.8, 4) is 0 Å². The number of primary amides is 1. The fourth-order valence-electron chi connectivity index (χ4n) is 3.59. The third-order valence-corrected chi connectivity index (χ3v) is 5.64. The highest BCUT2D eigenvalue weighted by atomic mass is 32.1. The fraction of sp³-hybridized carbons (Fsp3) is 0.529. The van der Waals surface area contributed by atoms with Crippen molar-refractivity contribution < 1.29 is 9.59 Å². The van der Waals surface area contributed by atoms with E-state index in [4.69, 9.17) is 5.73 Å². The first-order chi connectivity index (χ1) is 11.1. The molecule has 0 aromatic carbocycles. The van der Waals surface area contributed by atoms with Crippen molar-refractivity contribution in [1.82, 2.24) is 9.80 Å². The van der Waals surface area contributed by atoms with Gasteiger partial charge in [0.05, 0.1) is 6.04 Å². The lowest BCUT2D eigenvalue weighted by molar-refractivity contribution is -0.129. The van der Waals surface area contributed by atoms with E-state index < -0.39 is 0 Å². The number of nitrogens with zero attached hydrogens (tertiary/aromatic N) is 2. The van der Waals surface area contributed by atoms with E-state index in [0.29, 0.717) is 6.04 Å². The normalized spacial score (nSPS) is 23.7. The molecule has 23 heavy (non-hydrogen) atoms. The number of carbonyl (C=O) groups is 2. The van der Waals surface area contributed by atoms with E-state index in [2.05, 4.69) is 4.90 Å². The lowest BCUT2D eigenvalue weighted by Crippen LogP contribution is -2.51. The number of amides is 2. The first-order valence-electron chi connectivity index (χ1n) is 8.20. The molecule has 0 aliphatic carbocycles. The Morgan fingerprint density at radius 1 is 1.22 bits per heavy atom. The molecule has 3 rings (SSSR count). The highest BCUT2D eigenvalue weighted by molar-refractivity contribution is 7.10. The molecule has 0 saturated carbocycles. The molecule has 2 aliphatic heterocycles. The molecule has 3 heterocycles. The van der Waals surface area contributed by atoms with Crippen LogP contribution in [-0.2, 0) is 9.59 Å². The van der Waals surface area contributed by atoms with Gasteiger partial charge in [0.15, 0.2) is 0 Å². The van der Waals surface area contributed by atoms with Gasteiger partial charge < -0.3 is 10.6 Å². The molecule has 2 N–H and O–H groups in total. The lowest BCUT2D eigenvalue weighted by Gasteiger charge is -2.38. The van der Waals surface area contributed by atoms with Gasteiger partial charge in [0.25, 0.3) is 0 Å². The molecule has 2 saturated heterocycles. The minimum atomic E-state index is -0.208. The van der Waals surface area contributed by atoms with Gasteiger partial charge in [-0.25, -0.2) is 0 Å². The van der Waals surface area contributed by atoms with Crippen LogP contribution in [0.5, 0.6) is 0 Å².